The van der Waals surface area contributed by atoms with Gasteiger partial charge in [-0.1, -0.05) is 20.8 Å². The molecule has 1 aliphatic heterocycles. The summed E-state index contributed by atoms with van der Waals surface area (Å²) in [6.07, 6.45) is -0.0248. The van der Waals surface area contributed by atoms with Crippen LogP contribution in [0.1, 0.15) is 41.0 Å². The maximum absolute atomic E-state index is 13.9. The first kappa shape index (κ1) is 13.9. The van der Waals surface area contributed by atoms with Crippen LogP contribution in [0.2, 0.25) is 0 Å². The predicted molar refractivity (Wildman–Crippen MR) is 65.4 cm³/mol. The molecule has 0 spiro atoms. The Morgan fingerprint density at radius 1 is 1.31 bits per heavy atom. The van der Waals surface area contributed by atoms with Crippen molar-refractivity contribution in [1.82, 2.24) is 4.90 Å². The molecule has 0 aromatic carbocycles. The second-order valence-electron chi connectivity index (χ2n) is 6.25. The molecule has 1 heterocycles. The first-order valence-corrected chi connectivity index (χ1v) is 6.23. The molecule has 16 heavy (non-hydrogen) atoms. The number of hydrogen-bond donors (Lipinski definition) is 0. The average molecular weight is 231 g/mol. The normalized spacial score (nSPS) is 30.0. The summed E-state index contributed by atoms with van der Waals surface area (Å²) >= 11 is 0. The first-order valence-electron chi connectivity index (χ1n) is 6.23. The van der Waals surface area contributed by atoms with Gasteiger partial charge >= 0.3 is 0 Å². The quantitative estimate of drug-likeness (QED) is 0.740. The molecule has 1 rings (SSSR count). The minimum Gasteiger partial charge on any atom is -0.373 e. The third-order valence-corrected chi connectivity index (χ3v) is 3.22. The van der Waals surface area contributed by atoms with Gasteiger partial charge in [-0.3, -0.25) is 4.90 Å². The van der Waals surface area contributed by atoms with E-state index in [-0.39, 0.29) is 23.7 Å². The largest absolute Gasteiger partial charge is 0.373 e. The highest BCUT2D eigenvalue weighted by Gasteiger charge is 2.44. The lowest BCUT2D eigenvalue weighted by atomic mass is 9.83. The van der Waals surface area contributed by atoms with Crippen molar-refractivity contribution in [3.8, 4) is 0 Å². The number of hydrogen-bond acceptors (Lipinski definition) is 2. The summed E-state index contributed by atoms with van der Waals surface area (Å²) < 4.78 is 19.9. The number of alkyl halides is 1. The van der Waals surface area contributed by atoms with Crippen LogP contribution in [0, 0.1) is 5.41 Å². The summed E-state index contributed by atoms with van der Waals surface area (Å²) in [7, 11) is 1.99. The Labute approximate surface area is 99.2 Å². The molecular weight excluding hydrogens is 205 g/mol. The predicted octanol–water partition coefficient (Wildman–Crippen LogP) is 2.87. The van der Waals surface area contributed by atoms with Crippen LogP contribution in [0.4, 0.5) is 4.39 Å². The Morgan fingerprint density at radius 3 is 2.19 bits per heavy atom. The van der Waals surface area contributed by atoms with Gasteiger partial charge in [0.15, 0.2) is 0 Å². The second kappa shape index (κ2) is 5.01. The maximum atomic E-state index is 13.9. The van der Waals surface area contributed by atoms with Crippen LogP contribution in [-0.4, -0.2) is 42.9 Å². The lowest BCUT2D eigenvalue weighted by molar-refractivity contribution is -0.0970. The van der Waals surface area contributed by atoms with E-state index in [2.05, 4.69) is 25.7 Å². The molecule has 0 amide bonds. The third-order valence-electron chi connectivity index (χ3n) is 3.22. The number of rotatable bonds is 3. The summed E-state index contributed by atoms with van der Waals surface area (Å²) in [5, 5.41) is 0. The van der Waals surface area contributed by atoms with Crippen molar-refractivity contribution in [3.63, 3.8) is 0 Å². The molecule has 0 aromatic heterocycles. The second-order valence-corrected chi connectivity index (χ2v) is 6.25. The molecule has 0 aromatic rings. The number of halogens is 1. The molecule has 1 aliphatic rings. The van der Waals surface area contributed by atoms with Crippen molar-refractivity contribution in [2.75, 3.05) is 13.6 Å². The third kappa shape index (κ3) is 3.17. The molecule has 2 nitrogen and oxygen atoms in total. The molecule has 1 fully saturated rings. The van der Waals surface area contributed by atoms with Crippen molar-refractivity contribution >= 4 is 0 Å². The van der Waals surface area contributed by atoms with Crippen LogP contribution in [0.15, 0.2) is 0 Å². The molecule has 0 aliphatic carbocycles. The molecule has 0 N–H and O–H groups in total. The molecule has 3 heteroatoms. The SMILES string of the molecule is CC(C)OC([C@@H]1[C@@H](F)CCN1C)C(C)(C)C. The van der Waals surface area contributed by atoms with Crippen molar-refractivity contribution < 1.29 is 9.13 Å². The highest BCUT2D eigenvalue weighted by Crippen LogP contribution is 2.34. The fourth-order valence-corrected chi connectivity index (χ4v) is 2.43. The maximum Gasteiger partial charge on any atom is 0.119 e. The van der Waals surface area contributed by atoms with Crippen LogP contribution in [0.3, 0.4) is 0 Å². The van der Waals surface area contributed by atoms with E-state index in [4.69, 9.17) is 4.74 Å². The zero-order chi connectivity index (χ0) is 12.5. The topological polar surface area (TPSA) is 12.5 Å². The molecule has 0 saturated carbocycles. The zero-order valence-electron chi connectivity index (χ0n) is 11.5. The number of ether oxygens (including phenoxy) is 1. The van der Waals surface area contributed by atoms with Gasteiger partial charge in [-0.25, -0.2) is 4.39 Å². The Kier molecular flexibility index (Phi) is 4.35. The van der Waals surface area contributed by atoms with Crippen LogP contribution in [-0.2, 0) is 4.74 Å². The molecule has 0 radical (unpaired) electrons. The molecule has 1 saturated heterocycles. The summed E-state index contributed by atoms with van der Waals surface area (Å²) in [5.41, 5.74) is -0.0299. The van der Waals surface area contributed by atoms with E-state index in [0.717, 1.165) is 6.54 Å². The van der Waals surface area contributed by atoms with E-state index < -0.39 is 6.17 Å². The fraction of sp³-hybridized carbons (Fsp3) is 1.00. The molecule has 0 bridgehead atoms. The standard InChI is InChI=1S/C13H26FNO/c1-9(2)16-12(13(3,4)5)11-10(14)7-8-15(11)6/h9-12H,7-8H2,1-6H3/t10-,11-,12?/m0/s1. The van der Waals surface area contributed by atoms with Crippen LogP contribution >= 0.6 is 0 Å². The van der Waals surface area contributed by atoms with E-state index in [1.807, 2.05) is 20.9 Å². The monoisotopic (exact) mass is 231 g/mol. The van der Waals surface area contributed by atoms with E-state index >= 15 is 0 Å². The van der Waals surface area contributed by atoms with Gasteiger partial charge < -0.3 is 4.74 Å². The fourth-order valence-electron chi connectivity index (χ4n) is 2.43. The average Bonchev–Trinajstić information content (AvgIpc) is 2.41. The van der Waals surface area contributed by atoms with Crippen LogP contribution in [0.5, 0.6) is 0 Å². The lowest BCUT2D eigenvalue weighted by Crippen LogP contribution is -2.50. The number of nitrogens with zero attached hydrogens (tertiary/aromatic N) is 1. The summed E-state index contributed by atoms with van der Waals surface area (Å²) in [4.78, 5) is 2.10. The minimum absolute atomic E-state index is 0.0299. The van der Waals surface area contributed by atoms with Crippen molar-refractivity contribution in [3.05, 3.63) is 0 Å². The molecular formula is C13H26FNO. The van der Waals surface area contributed by atoms with Gasteiger partial charge in [0.2, 0.25) is 0 Å². The zero-order valence-corrected chi connectivity index (χ0v) is 11.5. The van der Waals surface area contributed by atoms with E-state index in [0.29, 0.717) is 6.42 Å². The first-order chi connectivity index (χ1) is 7.23. The number of likely N-dealkylation sites (N-methyl/N-ethyl adjacent to an activating group) is 1. The van der Waals surface area contributed by atoms with Crippen LogP contribution in [0.25, 0.3) is 0 Å². The Morgan fingerprint density at radius 2 is 1.88 bits per heavy atom. The van der Waals surface area contributed by atoms with Crippen molar-refractivity contribution in [2.45, 2.75) is 65.5 Å². The Hall–Kier alpha value is -0.150. The van der Waals surface area contributed by atoms with Gasteiger partial charge in [0, 0.05) is 6.54 Å². The van der Waals surface area contributed by atoms with Gasteiger partial charge in [0.1, 0.15) is 6.17 Å². The summed E-state index contributed by atoms with van der Waals surface area (Å²) in [6.45, 7) is 11.2. The van der Waals surface area contributed by atoms with Gasteiger partial charge in [-0.2, -0.15) is 0 Å². The Balaban J connectivity index is 2.83. The molecule has 1 unspecified atom stereocenters. The number of likely N-dealkylation sites (tertiary alicyclic amines) is 1. The summed E-state index contributed by atoms with van der Waals surface area (Å²) in [5.74, 6) is 0. The van der Waals surface area contributed by atoms with Gasteiger partial charge in [-0.05, 0) is 32.7 Å². The Bertz CT molecular complexity index is 214. The molecule has 3 atom stereocenters. The van der Waals surface area contributed by atoms with Gasteiger partial charge in [0.25, 0.3) is 0 Å². The van der Waals surface area contributed by atoms with Gasteiger partial charge in [-0.15, -0.1) is 0 Å². The van der Waals surface area contributed by atoms with Crippen molar-refractivity contribution in [2.24, 2.45) is 5.41 Å². The minimum atomic E-state index is -0.757. The highest BCUT2D eigenvalue weighted by molar-refractivity contribution is 4.96. The lowest BCUT2D eigenvalue weighted by Gasteiger charge is -2.40. The van der Waals surface area contributed by atoms with Crippen molar-refractivity contribution in [1.29, 1.82) is 0 Å². The summed E-state index contributed by atoms with van der Waals surface area (Å²) in [6, 6.07) is -0.0950. The van der Waals surface area contributed by atoms with E-state index in [1.54, 1.807) is 0 Å². The van der Waals surface area contributed by atoms with E-state index in [1.165, 1.54) is 0 Å². The molecule has 96 valence electrons. The highest BCUT2D eigenvalue weighted by atomic mass is 19.1. The van der Waals surface area contributed by atoms with E-state index in [9.17, 15) is 4.39 Å². The van der Waals surface area contributed by atoms with Crippen LogP contribution < -0.4 is 0 Å². The van der Waals surface area contributed by atoms with Gasteiger partial charge in [0.05, 0.1) is 18.2 Å². The smallest absolute Gasteiger partial charge is 0.119 e.